The largest absolute Gasteiger partial charge is 0.352 e. The Balaban J connectivity index is 1.78. The summed E-state index contributed by atoms with van der Waals surface area (Å²) in [7, 11) is 0. The molecule has 1 saturated carbocycles. The molecule has 3 unspecified atom stereocenters. The van der Waals surface area contributed by atoms with Gasteiger partial charge in [0, 0.05) is 19.0 Å². The van der Waals surface area contributed by atoms with Gasteiger partial charge in [0.25, 0.3) is 0 Å². The van der Waals surface area contributed by atoms with Crippen molar-refractivity contribution in [2.24, 2.45) is 11.8 Å². The van der Waals surface area contributed by atoms with Crippen molar-refractivity contribution >= 4 is 11.8 Å². The monoisotopic (exact) mass is 320 g/mol. The van der Waals surface area contributed by atoms with Crippen LogP contribution in [0.25, 0.3) is 0 Å². The summed E-state index contributed by atoms with van der Waals surface area (Å²) < 4.78 is 0. The molecule has 130 valence electrons. The van der Waals surface area contributed by atoms with Crippen molar-refractivity contribution in [3.05, 3.63) is 12.7 Å². The highest BCUT2D eigenvalue weighted by atomic mass is 16.2. The lowest BCUT2D eigenvalue weighted by Gasteiger charge is -2.26. The highest BCUT2D eigenvalue weighted by Gasteiger charge is 2.36. The molecule has 0 radical (unpaired) electrons. The molecule has 0 bridgehead atoms. The number of carbonyl (C=O) groups is 2. The Kier molecular flexibility index (Phi) is 6.67. The average Bonchev–Trinajstić information content (AvgIpc) is 3.16. The van der Waals surface area contributed by atoms with Crippen molar-refractivity contribution in [3.8, 4) is 0 Å². The Morgan fingerprint density at radius 1 is 1.26 bits per heavy atom. The van der Waals surface area contributed by atoms with Crippen molar-refractivity contribution in [1.29, 1.82) is 0 Å². The quantitative estimate of drug-likeness (QED) is 0.663. The van der Waals surface area contributed by atoms with Crippen molar-refractivity contribution in [1.82, 2.24) is 10.2 Å². The average molecular weight is 320 g/mol. The summed E-state index contributed by atoms with van der Waals surface area (Å²) in [5.41, 5.74) is 0. The van der Waals surface area contributed by atoms with Crippen molar-refractivity contribution < 1.29 is 9.59 Å². The van der Waals surface area contributed by atoms with Gasteiger partial charge in [-0.25, -0.2) is 0 Å². The van der Waals surface area contributed by atoms with E-state index in [0.29, 0.717) is 24.3 Å². The number of amides is 2. The standard InChI is InChI=1S/C19H32N2O2/c1-4-5-7-14(2)12-15(3)13-18(22)21-11-6-8-17(21)19(23)20-16-9-10-16/h4,14-17H,1,5-13H2,2-3H3,(H,20,23). The molecule has 2 fully saturated rings. The number of allylic oxidation sites excluding steroid dienone is 1. The highest BCUT2D eigenvalue weighted by Crippen LogP contribution is 2.25. The molecule has 3 atom stereocenters. The molecule has 0 aromatic carbocycles. The number of nitrogens with zero attached hydrogens (tertiary/aromatic N) is 1. The highest BCUT2D eigenvalue weighted by molar-refractivity contribution is 5.88. The molecule has 1 heterocycles. The molecule has 1 aliphatic carbocycles. The van der Waals surface area contributed by atoms with Gasteiger partial charge in [0.05, 0.1) is 0 Å². The number of likely N-dealkylation sites (tertiary alicyclic amines) is 1. The van der Waals surface area contributed by atoms with Crippen LogP contribution in [0, 0.1) is 11.8 Å². The lowest BCUT2D eigenvalue weighted by atomic mass is 9.91. The Labute approximate surface area is 140 Å². The Morgan fingerprint density at radius 2 is 2.00 bits per heavy atom. The fourth-order valence-corrected chi connectivity index (χ4v) is 3.57. The Morgan fingerprint density at radius 3 is 2.65 bits per heavy atom. The van der Waals surface area contributed by atoms with Gasteiger partial charge in [0.15, 0.2) is 0 Å². The Bertz CT molecular complexity index is 431. The molecule has 2 amide bonds. The maximum absolute atomic E-state index is 12.6. The predicted octanol–water partition coefficient (Wildman–Crippen LogP) is 3.27. The van der Waals surface area contributed by atoms with Gasteiger partial charge < -0.3 is 10.2 Å². The van der Waals surface area contributed by atoms with E-state index in [4.69, 9.17) is 0 Å². The summed E-state index contributed by atoms with van der Waals surface area (Å²) >= 11 is 0. The van der Waals surface area contributed by atoms with Gasteiger partial charge in [-0.05, 0) is 56.8 Å². The zero-order valence-corrected chi connectivity index (χ0v) is 14.7. The zero-order chi connectivity index (χ0) is 16.8. The van der Waals surface area contributed by atoms with Gasteiger partial charge in [0.1, 0.15) is 6.04 Å². The third kappa shape index (κ3) is 5.67. The predicted molar refractivity (Wildman–Crippen MR) is 92.9 cm³/mol. The molecule has 1 saturated heterocycles. The van der Waals surface area contributed by atoms with E-state index in [2.05, 4.69) is 25.7 Å². The SMILES string of the molecule is C=CCCC(C)CC(C)CC(=O)N1CCCC1C(=O)NC1CC1. The minimum Gasteiger partial charge on any atom is -0.352 e. The van der Waals surface area contributed by atoms with E-state index >= 15 is 0 Å². The van der Waals surface area contributed by atoms with Crippen LogP contribution in [0.5, 0.6) is 0 Å². The summed E-state index contributed by atoms with van der Waals surface area (Å²) in [5, 5.41) is 3.05. The van der Waals surface area contributed by atoms with Gasteiger partial charge in [-0.15, -0.1) is 6.58 Å². The van der Waals surface area contributed by atoms with Crippen LogP contribution in [0.1, 0.15) is 65.2 Å². The third-order valence-corrected chi connectivity index (χ3v) is 4.99. The summed E-state index contributed by atoms with van der Waals surface area (Å²) in [6, 6.07) is 0.137. The van der Waals surface area contributed by atoms with Crippen LogP contribution >= 0.6 is 0 Å². The maximum Gasteiger partial charge on any atom is 0.243 e. The minimum absolute atomic E-state index is 0.0605. The van der Waals surface area contributed by atoms with Crippen LogP contribution in [-0.2, 0) is 9.59 Å². The van der Waals surface area contributed by atoms with E-state index in [0.717, 1.165) is 51.5 Å². The number of nitrogens with one attached hydrogen (secondary N) is 1. The normalized spacial score (nSPS) is 23.4. The lowest BCUT2D eigenvalue weighted by molar-refractivity contribution is -0.139. The first-order valence-electron chi connectivity index (χ1n) is 9.22. The third-order valence-electron chi connectivity index (χ3n) is 4.99. The van der Waals surface area contributed by atoms with E-state index in [1.807, 2.05) is 11.0 Å². The van der Waals surface area contributed by atoms with Gasteiger partial charge in [-0.2, -0.15) is 0 Å². The van der Waals surface area contributed by atoms with Crippen molar-refractivity contribution in [3.63, 3.8) is 0 Å². The fraction of sp³-hybridized carbons (Fsp3) is 0.789. The number of carbonyl (C=O) groups excluding carboxylic acids is 2. The second-order valence-corrected chi connectivity index (χ2v) is 7.54. The van der Waals surface area contributed by atoms with Crippen molar-refractivity contribution in [2.75, 3.05) is 6.54 Å². The van der Waals surface area contributed by atoms with Gasteiger partial charge in [0.2, 0.25) is 11.8 Å². The second-order valence-electron chi connectivity index (χ2n) is 7.54. The van der Waals surface area contributed by atoms with E-state index in [1.54, 1.807) is 0 Å². The van der Waals surface area contributed by atoms with Crippen LogP contribution in [0.15, 0.2) is 12.7 Å². The number of hydrogen-bond donors (Lipinski definition) is 1. The van der Waals surface area contributed by atoms with Gasteiger partial charge in [-0.1, -0.05) is 19.9 Å². The fourth-order valence-electron chi connectivity index (χ4n) is 3.57. The molecule has 4 nitrogen and oxygen atoms in total. The van der Waals surface area contributed by atoms with Crippen molar-refractivity contribution in [2.45, 2.75) is 77.3 Å². The second kappa shape index (κ2) is 8.51. The number of hydrogen-bond acceptors (Lipinski definition) is 2. The molecule has 2 aliphatic rings. The van der Waals surface area contributed by atoms with Crippen LogP contribution in [-0.4, -0.2) is 35.3 Å². The molecular weight excluding hydrogens is 288 g/mol. The first-order valence-corrected chi connectivity index (χ1v) is 9.22. The molecule has 2 rings (SSSR count). The molecule has 0 aromatic heterocycles. The zero-order valence-electron chi connectivity index (χ0n) is 14.7. The molecule has 1 aliphatic heterocycles. The minimum atomic E-state index is -0.228. The Hall–Kier alpha value is -1.32. The van der Waals surface area contributed by atoms with E-state index in [1.165, 1.54) is 0 Å². The molecule has 4 heteroatoms. The molecule has 0 spiro atoms. The summed E-state index contributed by atoms with van der Waals surface area (Å²) in [6.45, 7) is 8.89. The molecule has 0 aromatic rings. The van der Waals surface area contributed by atoms with Crippen LogP contribution < -0.4 is 5.32 Å². The summed E-state index contributed by atoms with van der Waals surface area (Å²) in [6.07, 6.45) is 9.69. The van der Waals surface area contributed by atoms with Gasteiger partial charge in [-0.3, -0.25) is 9.59 Å². The van der Waals surface area contributed by atoms with Gasteiger partial charge >= 0.3 is 0 Å². The van der Waals surface area contributed by atoms with E-state index in [-0.39, 0.29) is 17.9 Å². The molecule has 1 N–H and O–H groups in total. The van der Waals surface area contributed by atoms with Crippen LogP contribution in [0.2, 0.25) is 0 Å². The maximum atomic E-state index is 12.6. The van der Waals surface area contributed by atoms with Crippen LogP contribution in [0.3, 0.4) is 0 Å². The first kappa shape index (κ1) is 18.0. The topological polar surface area (TPSA) is 49.4 Å². The first-order chi connectivity index (χ1) is 11.0. The molecule has 23 heavy (non-hydrogen) atoms. The lowest BCUT2D eigenvalue weighted by Crippen LogP contribution is -2.46. The summed E-state index contributed by atoms with van der Waals surface area (Å²) in [4.78, 5) is 26.7. The molecular formula is C19H32N2O2. The van der Waals surface area contributed by atoms with Crippen LogP contribution in [0.4, 0.5) is 0 Å². The van der Waals surface area contributed by atoms with E-state index in [9.17, 15) is 9.59 Å². The van der Waals surface area contributed by atoms with E-state index < -0.39 is 0 Å². The smallest absolute Gasteiger partial charge is 0.243 e. The number of rotatable bonds is 9. The summed E-state index contributed by atoms with van der Waals surface area (Å²) in [5.74, 6) is 1.20.